The van der Waals surface area contributed by atoms with Crippen LogP contribution in [0.25, 0.3) is 0 Å². The lowest BCUT2D eigenvalue weighted by molar-refractivity contribution is -0.127. The first-order valence-electron chi connectivity index (χ1n) is 5.48. The molecule has 2 heterocycles. The van der Waals surface area contributed by atoms with Gasteiger partial charge in [0.1, 0.15) is 0 Å². The molecule has 0 radical (unpaired) electrons. The van der Waals surface area contributed by atoms with Crippen molar-refractivity contribution >= 4 is 14.0 Å². The molecule has 0 aromatic rings. The van der Waals surface area contributed by atoms with Gasteiger partial charge in [0.2, 0.25) is 5.91 Å². The van der Waals surface area contributed by atoms with Crippen LogP contribution >= 0.6 is 0 Å². The lowest BCUT2D eigenvalue weighted by atomic mass is 10.1. The molecule has 2 aliphatic rings. The first kappa shape index (κ1) is 9.96. The summed E-state index contributed by atoms with van der Waals surface area (Å²) >= 11 is 0. The number of hydrogen-bond acceptors (Lipinski definition) is 1. The molecule has 2 fully saturated rings. The largest absolute Gasteiger partial charge is 0.336 e. The molecular weight excluding hydrogens is 190 g/mol. The smallest absolute Gasteiger partial charge is 0.223 e. The van der Waals surface area contributed by atoms with Crippen molar-refractivity contribution < 1.29 is 4.79 Å². The number of nitrogens with zero attached hydrogens (tertiary/aromatic N) is 1. The average Bonchev–Trinajstić information content (AvgIpc) is 2.55. The summed E-state index contributed by atoms with van der Waals surface area (Å²) in [5, 5.41) is 0. The van der Waals surface area contributed by atoms with E-state index in [2.05, 4.69) is 30.2 Å². The summed E-state index contributed by atoms with van der Waals surface area (Å²) in [4.78, 5) is 13.6. The number of amides is 1. The van der Waals surface area contributed by atoms with Crippen molar-refractivity contribution in [3.05, 3.63) is 11.3 Å². The fraction of sp³-hybridized carbons (Fsp3) is 0.727. The molecule has 0 aromatic carbocycles. The molecule has 0 unspecified atom stereocenters. The molecule has 3 heteroatoms. The summed E-state index contributed by atoms with van der Waals surface area (Å²) in [6.45, 7) is 8.05. The van der Waals surface area contributed by atoms with Crippen molar-refractivity contribution in [1.82, 2.24) is 4.90 Å². The van der Waals surface area contributed by atoms with Crippen molar-refractivity contribution in [3.8, 4) is 0 Å². The molecule has 2 aliphatic heterocycles. The van der Waals surface area contributed by atoms with Crippen LogP contribution in [0, 0.1) is 0 Å². The Hall–Kier alpha value is -0.573. The van der Waals surface area contributed by atoms with Gasteiger partial charge in [0.25, 0.3) is 0 Å². The Balaban J connectivity index is 2.18. The summed E-state index contributed by atoms with van der Waals surface area (Å²) in [6.07, 6.45) is 2.96. The van der Waals surface area contributed by atoms with Crippen molar-refractivity contribution in [1.29, 1.82) is 0 Å². The zero-order valence-electron chi connectivity index (χ0n) is 9.34. The maximum atomic E-state index is 11.5. The molecule has 2 saturated heterocycles. The molecule has 1 atom stereocenters. The zero-order chi connectivity index (χ0) is 10.3. The number of hydrogen-bond donors (Lipinski definition) is 0. The normalized spacial score (nSPS) is 30.2. The third kappa shape index (κ3) is 1.78. The van der Waals surface area contributed by atoms with Gasteiger partial charge in [0.15, 0.2) is 0 Å². The Morgan fingerprint density at radius 2 is 2.07 bits per heavy atom. The van der Waals surface area contributed by atoms with E-state index >= 15 is 0 Å². The van der Waals surface area contributed by atoms with E-state index in [-0.39, 0.29) is 0 Å². The maximum absolute atomic E-state index is 11.5. The van der Waals surface area contributed by atoms with E-state index in [0.717, 1.165) is 25.8 Å². The lowest BCUT2D eigenvalue weighted by Gasteiger charge is -2.17. The van der Waals surface area contributed by atoms with E-state index in [4.69, 9.17) is 0 Å². The molecule has 0 aromatic heterocycles. The van der Waals surface area contributed by atoms with Gasteiger partial charge in [0.05, 0.1) is 14.1 Å². The topological polar surface area (TPSA) is 20.3 Å². The highest BCUT2D eigenvalue weighted by atomic mass is 28.3. The van der Waals surface area contributed by atoms with Crippen LogP contribution in [0.3, 0.4) is 0 Å². The number of carbonyl (C=O) groups is 1. The van der Waals surface area contributed by atoms with Crippen LogP contribution in [0.4, 0.5) is 0 Å². The second-order valence-electron chi connectivity index (χ2n) is 5.48. The van der Waals surface area contributed by atoms with Gasteiger partial charge in [-0.1, -0.05) is 30.9 Å². The van der Waals surface area contributed by atoms with Gasteiger partial charge in [-0.2, -0.15) is 0 Å². The minimum atomic E-state index is -1.10. The molecule has 0 spiro atoms. The number of carbonyl (C=O) groups excluding carboxylic acids is 1. The molecule has 78 valence electrons. The summed E-state index contributed by atoms with van der Waals surface area (Å²) in [7, 11) is -1.10. The van der Waals surface area contributed by atoms with Crippen LogP contribution in [-0.4, -0.2) is 31.5 Å². The van der Waals surface area contributed by atoms with E-state index < -0.39 is 8.07 Å². The van der Waals surface area contributed by atoms with Crippen LogP contribution in [0.2, 0.25) is 19.6 Å². The molecule has 2 nitrogen and oxygen atoms in total. The number of rotatable bonds is 1. The Kier molecular flexibility index (Phi) is 2.30. The fourth-order valence-electron chi connectivity index (χ4n) is 2.54. The Bertz CT molecular complexity index is 290. The van der Waals surface area contributed by atoms with E-state index in [1.165, 1.54) is 0 Å². The van der Waals surface area contributed by atoms with Crippen LogP contribution in [0.5, 0.6) is 0 Å². The minimum absolute atomic E-state index is 0.369. The van der Waals surface area contributed by atoms with Crippen molar-refractivity contribution in [2.75, 3.05) is 6.54 Å². The van der Waals surface area contributed by atoms with Crippen LogP contribution in [0.1, 0.15) is 19.3 Å². The Morgan fingerprint density at radius 3 is 2.71 bits per heavy atom. The van der Waals surface area contributed by atoms with Gasteiger partial charge >= 0.3 is 0 Å². The SMILES string of the molecule is C[Si](C)(C)/C=C1\CCN2C(=O)CC[C@@H]12. The van der Waals surface area contributed by atoms with Gasteiger partial charge in [-0.15, -0.1) is 0 Å². The maximum Gasteiger partial charge on any atom is 0.223 e. The average molecular weight is 209 g/mol. The predicted molar refractivity (Wildman–Crippen MR) is 60.8 cm³/mol. The fourth-order valence-corrected chi connectivity index (χ4v) is 3.99. The molecule has 0 saturated carbocycles. The van der Waals surface area contributed by atoms with Crippen molar-refractivity contribution in [2.45, 2.75) is 44.9 Å². The molecule has 0 N–H and O–H groups in total. The highest BCUT2D eigenvalue weighted by Crippen LogP contribution is 2.33. The van der Waals surface area contributed by atoms with Crippen LogP contribution in [0.15, 0.2) is 11.3 Å². The summed E-state index contributed by atoms with van der Waals surface area (Å²) in [5.74, 6) is 0.369. The molecule has 2 rings (SSSR count). The lowest BCUT2D eigenvalue weighted by Crippen LogP contribution is -2.28. The third-order valence-corrected chi connectivity index (χ3v) is 4.25. The molecular formula is C11H19NOSi. The van der Waals surface area contributed by atoms with Gasteiger partial charge in [-0.3, -0.25) is 4.79 Å². The van der Waals surface area contributed by atoms with Crippen LogP contribution in [-0.2, 0) is 4.79 Å². The molecule has 1 amide bonds. The van der Waals surface area contributed by atoms with E-state index in [9.17, 15) is 4.79 Å². The van der Waals surface area contributed by atoms with E-state index in [0.29, 0.717) is 11.9 Å². The highest BCUT2D eigenvalue weighted by molar-refractivity contribution is 6.81. The summed E-state index contributed by atoms with van der Waals surface area (Å²) in [6, 6.07) is 0.481. The van der Waals surface area contributed by atoms with Crippen molar-refractivity contribution in [3.63, 3.8) is 0 Å². The van der Waals surface area contributed by atoms with Crippen molar-refractivity contribution in [2.24, 2.45) is 0 Å². The Labute approximate surface area is 87.0 Å². The standard InChI is InChI=1S/C11H19NOSi/c1-14(2,3)8-9-6-7-12-10(9)4-5-11(12)13/h8,10H,4-7H2,1-3H3/b9-8+/t10-/m0/s1. The molecule has 0 aliphatic carbocycles. The highest BCUT2D eigenvalue weighted by Gasteiger charge is 2.38. The Morgan fingerprint density at radius 1 is 1.36 bits per heavy atom. The zero-order valence-corrected chi connectivity index (χ0v) is 10.3. The second kappa shape index (κ2) is 3.23. The van der Waals surface area contributed by atoms with Gasteiger partial charge in [-0.05, 0) is 12.8 Å². The first-order chi connectivity index (χ1) is 6.47. The first-order valence-corrected chi connectivity index (χ1v) is 9.06. The second-order valence-corrected chi connectivity index (χ2v) is 10.5. The summed E-state index contributed by atoms with van der Waals surface area (Å²) in [5.41, 5.74) is 4.05. The molecule has 0 bridgehead atoms. The monoisotopic (exact) mass is 209 g/mol. The quantitative estimate of drug-likeness (QED) is 0.606. The number of fused-ring (bicyclic) bond motifs is 1. The van der Waals surface area contributed by atoms with Gasteiger partial charge < -0.3 is 4.90 Å². The van der Waals surface area contributed by atoms with E-state index in [1.54, 1.807) is 5.57 Å². The predicted octanol–water partition coefficient (Wildman–Crippen LogP) is 2.18. The minimum Gasteiger partial charge on any atom is -0.336 e. The third-order valence-electron chi connectivity index (χ3n) is 3.02. The summed E-state index contributed by atoms with van der Waals surface area (Å²) < 4.78 is 0. The molecule has 14 heavy (non-hydrogen) atoms. The van der Waals surface area contributed by atoms with Gasteiger partial charge in [-0.25, -0.2) is 0 Å². The van der Waals surface area contributed by atoms with E-state index in [1.807, 2.05) is 0 Å². The van der Waals surface area contributed by atoms with Crippen LogP contribution < -0.4 is 0 Å². The van der Waals surface area contributed by atoms with Gasteiger partial charge in [0, 0.05) is 13.0 Å².